The number of carbonyl (C=O) groups excluding carboxylic acids is 1. The standard InChI is InChI=1S/C14H20N2O7S/c1-22-6-3-7-24(20,21)15-9-13(17)16-12-5-4-10(23-2)8-11(12)14(18)19/h4-5,8,15H,3,6-7,9H2,1-2H3,(H,16,17)(H,18,19). The third-order valence-corrected chi connectivity index (χ3v) is 4.36. The van der Waals surface area contributed by atoms with E-state index in [-0.39, 0.29) is 17.0 Å². The summed E-state index contributed by atoms with van der Waals surface area (Å²) in [6, 6.07) is 4.11. The fourth-order valence-corrected chi connectivity index (χ4v) is 2.76. The number of ether oxygens (including phenoxy) is 2. The Labute approximate surface area is 140 Å². The van der Waals surface area contributed by atoms with E-state index in [4.69, 9.17) is 14.6 Å². The zero-order chi connectivity index (χ0) is 18.2. The average molecular weight is 360 g/mol. The first-order valence-corrected chi connectivity index (χ1v) is 8.61. The van der Waals surface area contributed by atoms with Crippen LogP contribution in [0.1, 0.15) is 16.8 Å². The topological polar surface area (TPSA) is 131 Å². The predicted molar refractivity (Wildman–Crippen MR) is 86.9 cm³/mol. The minimum Gasteiger partial charge on any atom is -0.497 e. The Kier molecular flexibility index (Phi) is 7.62. The van der Waals surface area contributed by atoms with E-state index < -0.39 is 28.4 Å². The fraction of sp³-hybridized carbons (Fsp3) is 0.429. The summed E-state index contributed by atoms with van der Waals surface area (Å²) in [5.74, 6) is -1.77. The minimum absolute atomic E-state index is 0.0480. The molecule has 0 heterocycles. The number of anilines is 1. The van der Waals surface area contributed by atoms with Crippen LogP contribution in [-0.4, -0.2) is 58.5 Å². The highest BCUT2D eigenvalue weighted by Crippen LogP contribution is 2.22. The molecule has 0 saturated heterocycles. The number of carboxylic acids is 1. The number of carboxylic acid groups (broad SMARTS) is 1. The Bertz CT molecular complexity index is 688. The third kappa shape index (κ3) is 6.52. The number of hydrogen-bond acceptors (Lipinski definition) is 6. The highest BCUT2D eigenvalue weighted by atomic mass is 32.2. The highest BCUT2D eigenvalue weighted by molar-refractivity contribution is 7.89. The molecule has 134 valence electrons. The summed E-state index contributed by atoms with van der Waals surface area (Å²) in [7, 11) is -0.758. The van der Waals surface area contributed by atoms with Crippen molar-refractivity contribution in [2.24, 2.45) is 0 Å². The summed E-state index contributed by atoms with van der Waals surface area (Å²) in [5, 5.41) is 11.5. The van der Waals surface area contributed by atoms with E-state index in [1.165, 1.54) is 32.4 Å². The summed E-state index contributed by atoms with van der Waals surface area (Å²) in [5.41, 5.74) is -0.113. The van der Waals surface area contributed by atoms with Crippen LogP contribution in [0.25, 0.3) is 0 Å². The van der Waals surface area contributed by atoms with Crippen molar-refractivity contribution in [2.75, 3.05) is 38.4 Å². The summed E-state index contributed by atoms with van der Waals surface area (Å²) in [4.78, 5) is 23.0. The van der Waals surface area contributed by atoms with Gasteiger partial charge in [-0.25, -0.2) is 17.9 Å². The molecule has 24 heavy (non-hydrogen) atoms. The van der Waals surface area contributed by atoms with Crippen LogP contribution in [0.2, 0.25) is 0 Å². The zero-order valence-corrected chi connectivity index (χ0v) is 14.2. The smallest absolute Gasteiger partial charge is 0.337 e. The maximum absolute atomic E-state index is 11.8. The number of carbonyl (C=O) groups is 2. The van der Waals surface area contributed by atoms with Crippen LogP contribution in [0.4, 0.5) is 5.69 Å². The molecule has 10 heteroatoms. The molecule has 0 radical (unpaired) electrons. The van der Waals surface area contributed by atoms with E-state index in [0.29, 0.717) is 18.8 Å². The van der Waals surface area contributed by atoms with Crippen molar-refractivity contribution in [3.05, 3.63) is 23.8 Å². The molecule has 0 aromatic heterocycles. The number of benzene rings is 1. The second kappa shape index (κ2) is 9.21. The summed E-state index contributed by atoms with van der Waals surface area (Å²) < 4.78 is 35.2. The molecule has 1 aromatic carbocycles. The van der Waals surface area contributed by atoms with Crippen molar-refractivity contribution in [1.82, 2.24) is 4.72 Å². The van der Waals surface area contributed by atoms with E-state index in [9.17, 15) is 18.0 Å². The molecular formula is C14H20N2O7S. The number of nitrogens with one attached hydrogen (secondary N) is 2. The lowest BCUT2D eigenvalue weighted by atomic mass is 10.1. The van der Waals surface area contributed by atoms with Crippen LogP contribution >= 0.6 is 0 Å². The summed E-state index contributed by atoms with van der Waals surface area (Å²) in [6.45, 7) is -0.207. The van der Waals surface area contributed by atoms with Gasteiger partial charge in [-0.2, -0.15) is 0 Å². The van der Waals surface area contributed by atoms with Gasteiger partial charge in [-0.1, -0.05) is 0 Å². The molecule has 0 aliphatic carbocycles. The number of sulfonamides is 1. The second-order valence-electron chi connectivity index (χ2n) is 4.75. The van der Waals surface area contributed by atoms with Gasteiger partial charge in [-0.3, -0.25) is 4.79 Å². The zero-order valence-electron chi connectivity index (χ0n) is 13.4. The molecule has 0 aliphatic heterocycles. The second-order valence-corrected chi connectivity index (χ2v) is 6.68. The number of aromatic carboxylic acids is 1. The van der Waals surface area contributed by atoms with E-state index in [1.807, 2.05) is 0 Å². The molecule has 0 unspecified atom stereocenters. The highest BCUT2D eigenvalue weighted by Gasteiger charge is 2.16. The van der Waals surface area contributed by atoms with Gasteiger partial charge in [0.2, 0.25) is 15.9 Å². The number of rotatable bonds is 10. The van der Waals surface area contributed by atoms with E-state index in [1.54, 1.807) is 0 Å². The molecule has 1 aromatic rings. The predicted octanol–water partition coefficient (Wildman–Crippen LogP) is 0.288. The van der Waals surface area contributed by atoms with E-state index >= 15 is 0 Å². The normalized spacial score (nSPS) is 11.1. The van der Waals surface area contributed by atoms with Crippen LogP contribution in [0, 0.1) is 0 Å². The van der Waals surface area contributed by atoms with Gasteiger partial charge in [0.25, 0.3) is 0 Å². The van der Waals surface area contributed by atoms with Gasteiger partial charge in [0.1, 0.15) is 5.75 Å². The van der Waals surface area contributed by atoms with Gasteiger partial charge in [-0.15, -0.1) is 0 Å². The van der Waals surface area contributed by atoms with Gasteiger partial charge >= 0.3 is 5.97 Å². The Morgan fingerprint density at radius 1 is 1.25 bits per heavy atom. The molecule has 9 nitrogen and oxygen atoms in total. The minimum atomic E-state index is -3.61. The van der Waals surface area contributed by atoms with Crippen LogP contribution < -0.4 is 14.8 Å². The molecule has 0 atom stereocenters. The van der Waals surface area contributed by atoms with Crippen LogP contribution in [0.15, 0.2) is 18.2 Å². The molecule has 0 fully saturated rings. The summed E-state index contributed by atoms with van der Waals surface area (Å²) in [6.07, 6.45) is 0.301. The number of hydrogen-bond donors (Lipinski definition) is 3. The first-order chi connectivity index (χ1) is 11.3. The van der Waals surface area contributed by atoms with Crippen LogP contribution in [0.3, 0.4) is 0 Å². The Hall–Kier alpha value is -2.17. The van der Waals surface area contributed by atoms with Crippen LogP contribution in [-0.2, 0) is 19.6 Å². The molecule has 0 bridgehead atoms. The maximum Gasteiger partial charge on any atom is 0.337 e. The molecule has 3 N–H and O–H groups in total. The molecule has 1 rings (SSSR count). The van der Waals surface area contributed by atoms with Gasteiger partial charge < -0.3 is 19.9 Å². The van der Waals surface area contributed by atoms with Gasteiger partial charge in [0.15, 0.2) is 0 Å². The lowest BCUT2D eigenvalue weighted by Gasteiger charge is -2.11. The van der Waals surface area contributed by atoms with Crippen molar-refractivity contribution < 1.29 is 32.6 Å². The first kappa shape index (κ1) is 19.9. The van der Waals surface area contributed by atoms with Crippen molar-refractivity contribution in [3.63, 3.8) is 0 Å². The molecule has 0 saturated carbocycles. The monoisotopic (exact) mass is 360 g/mol. The Morgan fingerprint density at radius 2 is 1.96 bits per heavy atom. The third-order valence-electron chi connectivity index (χ3n) is 2.95. The molecule has 0 aliphatic rings. The lowest BCUT2D eigenvalue weighted by Crippen LogP contribution is -2.34. The average Bonchev–Trinajstić information content (AvgIpc) is 2.53. The Balaban J connectivity index is 2.67. The fourth-order valence-electron chi connectivity index (χ4n) is 1.77. The SMILES string of the molecule is COCCCS(=O)(=O)NCC(=O)Nc1ccc(OC)cc1C(=O)O. The van der Waals surface area contributed by atoms with Gasteiger partial charge in [-0.05, 0) is 24.6 Å². The number of methoxy groups -OCH3 is 2. The van der Waals surface area contributed by atoms with Crippen molar-refractivity contribution in [1.29, 1.82) is 0 Å². The molecular weight excluding hydrogens is 340 g/mol. The maximum atomic E-state index is 11.8. The van der Waals surface area contributed by atoms with E-state index in [2.05, 4.69) is 10.0 Å². The molecule has 1 amide bonds. The molecule has 0 spiro atoms. The summed E-state index contributed by atoms with van der Waals surface area (Å²) >= 11 is 0. The quantitative estimate of drug-likeness (QED) is 0.511. The lowest BCUT2D eigenvalue weighted by molar-refractivity contribution is -0.115. The van der Waals surface area contributed by atoms with Crippen molar-refractivity contribution in [2.45, 2.75) is 6.42 Å². The van der Waals surface area contributed by atoms with E-state index in [0.717, 1.165) is 0 Å². The van der Waals surface area contributed by atoms with Crippen molar-refractivity contribution in [3.8, 4) is 5.75 Å². The van der Waals surface area contributed by atoms with Crippen molar-refractivity contribution >= 4 is 27.6 Å². The Morgan fingerprint density at radius 3 is 2.54 bits per heavy atom. The first-order valence-electron chi connectivity index (χ1n) is 6.96. The van der Waals surface area contributed by atoms with Gasteiger partial charge in [0, 0.05) is 13.7 Å². The van der Waals surface area contributed by atoms with Gasteiger partial charge in [0.05, 0.1) is 30.7 Å². The largest absolute Gasteiger partial charge is 0.497 e. The van der Waals surface area contributed by atoms with Crippen LogP contribution in [0.5, 0.6) is 5.75 Å². The number of amides is 1.